The van der Waals surface area contributed by atoms with Crippen LogP contribution in [-0.4, -0.2) is 20.1 Å². The molecule has 1 aromatic rings. The van der Waals surface area contributed by atoms with Gasteiger partial charge in [-0.15, -0.1) is 0 Å². The summed E-state index contributed by atoms with van der Waals surface area (Å²) in [5.41, 5.74) is 2.50. The molecule has 0 bridgehead atoms. The van der Waals surface area contributed by atoms with Gasteiger partial charge in [0.15, 0.2) is 0 Å². The molecule has 18 heavy (non-hydrogen) atoms. The standard InChI is InChI=1S/C16H26N2/c1-13(14-7-5-4-6-8-14)17-15-9-11-16(12-10-15)18(2)3/h9-14,17H,4-8H2,1-3H3. The van der Waals surface area contributed by atoms with E-state index in [1.54, 1.807) is 0 Å². The van der Waals surface area contributed by atoms with Gasteiger partial charge >= 0.3 is 0 Å². The Morgan fingerprint density at radius 3 is 2.22 bits per heavy atom. The number of rotatable bonds is 4. The number of benzene rings is 1. The Morgan fingerprint density at radius 1 is 1.06 bits per heavy atom. The fourth-order valence-corrected chi connectivity index (χ4v) is 2.87. The van der Waals surface area contributed by atoms with Gasteiger partial charge in [-0.1, -0.05) is 19.3 Å². The lowest BCUT2D eigenvalue weighted by atomic mass is 9.84. The molecule has 100 valence electrons. The van der Waals surface area contributed by atoms with Crippen molar-refractivity contribution in [3.8, 4) is 0 Å². The quantitative estimate of drug-likeness (QED) is 0.859. The van der Waals surface area contributed by atoms with Crippen LogP contribution in [0.15, 0.2) is 24.3 Å². The molecule has 1 atom stereocenters. The summed E-state index contributed by atoms with van der Waals surface area (Å²) in [6, 6.07) is 9.32. The zero-order valence-electron chi connectivity index (χ0n) is 11.9. The molecule has 0 spiro atoms. The molecular weight excluding hydrogens is 220 g/mol. The Labute approximate surface area is 111 Å². The second-order valence-electron chi connectivity index (χ2n) is 5.77. The van der Waals surface area contributed by atoms with E-state index in [0.29, 0.717) is 6.04 Å². The number of anilines is 2. The Balaban J connectivity index is 1.91. The molecule has 0 aliphatic heterocycles. The minimum atomic E-state index is 0.593. The van der Waals surface area contributed by atoms with Crippen molar-refractivity contribution in [2.24, 2.45) is 5.92 Å². The van der Waals surface area contributed by atoms with Gasteiger partial charge in [-0.3, -0.25) is 0 Å². The maximum atomic E-state index is 3.66. The molecule has 0 aromatic heterocycles. The van der Waals surface area contributed by atoms with Crippen LogP contribution in [0.2, 0.25) is 0 Å². The van der Waals surface area contributed by atoms with Crippen LogP contribution in [0.3, 0.4) is 0 Å². The van der Waals surface area contributed by atoms with E-state index >= 15 is 0 Å². The van der Waals surface area contributed by atoms with E-state index in [1.165, 1.54) is 43.5 Å². The van der Waals surface area contributed by atoms with E-state index in [0.717, 1.165) is 5.92 Å². The third-order valence-corrected chi connectivity index (χ3v) is 4.13. The van der Waals surface area contributed by atoms with Crippen molar-refractivity contribution in [1.29, 1.82) is 0 Å². The van der Waals surface area contributed by atoms with Gasteiger partial charge in [0.05, 0.1) is 0 Å². The molecule has 0 saturated heterocycles. The predicted molar refractivity (Wildman–Crippen MR) is 80.4 cm³/mol. The van der Waals surface area contributed by atoms with Crippen molar-refractivity contribution in [3.63, 3.8) is 0 Å². The molecule has 1 aliphatic carbocycles. The molecule has 2 rings (SSSR count). The summed E-state index contributed by atoms with van der Waals surface area (Å²) in [7, 11) is 4.15. The highest BCUT2D eigenvalue weighted by Gasteiger charge is 2.19. The van der Waals surface area contributed by atoms with Crippen molar-refractivity contribution in [1.82, 2.24) is 0 Å². The van der Waals surface area contributed by atoms with Crippen LogP contribution >= 0.6 is 0 Å². The lowest BCUT2D eigenvalue weighted by molar-refractivity contribution is 0.328. The first-order valence-electron chi connectivity index (χ1n) is 7.21. The molecule has 1 aromatic carbocycles. The first-order chi connectivity index (χ1) is 8.66. The molecule has 0 amide bonds. The van der Waals surface area contributed by atoms with Crippen molar-refractivity contribution >= 4 is 11.4 Å². The van der Waals surface area contributed by atoms with Gasteiger partial charge in [0.2, 0.25) is 0 Å². The topological polar surface area (TPSA) is 15.3 Å². The minimum Gasteiger partial charge on any atom is -0.382 e. The SMILES string of the molecule is CC(Nc1ccc(N(C)C)cc1)C1CCCCC1. The van der Waals surface area contributed by atoms with Crippen molar-refractivity contribution < 1.29 is 0 Å². The van der Waals surface area contributed by atoms with E-state index < -0.39 is 0 Å². The molecule has 1 aliphatic rings. The Morgan fingerprint density at radius 2 is 1.67 bits per heavy atom. The first kappa shape index (κ1) is 13.3. The van der Waals surface area contributed by atoms with Gasteiger partial charge in [0.1, 0.15) is 0 Å². The first-order valence-corrected chi connectivity index (χ1v) is 7.21. The summed E-state index contributed by atoms with van der Waals surface area (Å²) < 4.78 is 0. The Bertz CT molecular complexity index is 350. The number of nitrogens with one attached hydrogen (secondary N) is 1. The molecular formula is C16H26N2. The van der Waals surface area contributed by atoms with E-state index in [9.17, 15) is 0 Å². The second-order valence-corrected chi connectivity index (χ2v) is 5.77. The highest BCUT2D eigenvalue weighted by Crippen LogP contribution is 2.28. The largest absolute Gasteiger partial charge is 0.382 e. The highest BCUT2D eigenvalue weighted by atomic mass is 15.1. The molecule has 1 unspecified atom stereocenters. The molecule has 2 heteroatoms. The van der Waals surface area contributed by atoms with E-state index in [-0.39, 0.29) is 0 Å². The van der Waals surface area contributed by atoms with E-state index in [1.807, 2.05) is 0 Å². The van der Waals surface area contributed by atoms with Gasteiger partial charge < -0.3 is 10.2 Å². The summed E-state index contributed by atoms with van der Waals surface area (Å²) >= 11 is 0. The van der Waals surface area contributed by atoms with Gasteiger partial charge in [0, 0.05) is 31.5 Å². The van der Waals surface area contributed by atoms with Gasteiger partial charge in [-0.05, 0) is 49.9 Å². The van der Waals surface area contributed by atoms with Crippen LogP contribution in [0.5, 0.6) is 0 Å². The Hall–Kier alpha value is -1.18. The molecule has 1 N–H and O–H groups in total. The highest BCUT2D eigenvalue weighted by molar-refractivity contribution is 5.54. The maximum absolute atomic E-state index is 3.66. The van der Waals surface area contributed by atoms with Crippen molar-refractivity contribution in [3.05, 3.63) is 24.3 Å². The summed E-state index contributed by atoms with van der Waals surface area (Å²) in [6.45, 7) is 2.33. The lowest BCUT2D eigenvalue weighted by Crippen LogP contribution is -2.27. The van der Waals surface area contributed by atoms with Gasteiger partial charge in [0.25, 0.3) is 0 Å². The Kier molecular flexibility index (Phi) is 4.51. The molecule has 1 fully saturated rings. The van der Waals surface area contributed by atoms with Crippen LogP contribution in [0.1, 0.15) is 39.0 Å². The molecule has 2 nitrogen and oxygen atoms in total. The zero-order chi connectivity index (χ0) is 13.0. The smallest absolute Gasteiger partial charge is 0.0362 e. The number of hydrogen-bond acceptors (Lipinski definition) is 2. The third-order valence-electron chi connectivity index (χ3n) is 4.13. The fraction of sp³-hybridized carbons (Fsp3) is 0.625. The van der Waals surface area contributed by atoms with Crippen LogP contribution in [-0.2, 0) is 0 Å². The van der Waals surface area contributed by atoms with Gasteiger partial charge in [-0.2, -0.15) is 0 Å². The van der Waals surface area contributed by atoms with Crippen LogP contribution in [0, 0.1) is 5.92 Å². The van der Waals surface area contributed by atoms with Crippen molar-refractivity contribution in [2.45, 2.75) is 45.1 Å². The molecule has 0 heterocycles. The van der Waals surface area contributed by atoms with Gasteiger partial charge in [-0.25, -0.2) is 0 Å². The van der Waals surface area contributed by atoms with Crippen LogP contribution in [0.25, 0.3) is 0 Å². The fourth-order valence-electron chi connectivity index (χ4n) is 2.87. The predicted octanol–water partition coefficient (Wildman–Crippen LogP) is 4.13. The average molecular weight is 246 g/mol. The van der Waals surface area contributed by atoms with Crippen LogP contribution < -0.4 is 10.2 Å². The number of nitrogens with zero attached hydrogens (tertiary/aromatic N) is 1. The monoisotopic (exact) mass is 246 g/mol. The summed E-state index contributed by atoms with van der Waals surface area (Å²) in [6.07, 6.45) is 7.04. The van der Waals surface area contributed by atoms with Crippen LogP contribution in [0.4, 0.5) is 11.4 Å². The zero-order valence-corrected chi connectivity index (χ0v) is 11.9. The number of hydrogen-bond donors (Lipinski definition) is 1. The van der Waals surface area contributed by atoms with Crippen molar-refractivity contribution in [2.75, 3.05) is 24.3 Å². The normalized spacial score (nSPS) is 18.4. The van der Waals surface area contributed by atoms with E-state index in [4.69, 9.17) is 0 Å². The molecule has 1 saturated carbocycles. The summed E-state index contributed by atoms with van der Waals surface area (Å²) in [4.78, 5) is 2.13. The van der Waals surface area contributed by atoms with E-state index in [2.05, 4.69) is 55.5 Å². The third kappa shape index (κ3) is 3.41. The minimum absolute atomic E-state index is 0.593. The summed E-state index contributed by atoms with van der Waals surface area (Å²) in [5.74, 6) is 0.854. The summed E-state index contributed by atoms with van der Waals surface area (Å²) in [5, 5.41) is 3.66. The molecule has 0 radical (unpaired) electrons. The lowest BCUT2D eigenvalue weighted by Gasteiger charge is -2.29. The maximum Gasteiger partial charge on any atom is 0.0362 e. The average Bonchev–Trinajstić information content (AvgIpc) is 2.40. The second kappa shape index (κ2) is 6.12.